The first kappa shape index (κ1) is 20.7. The van der Waals surface area contributed by atoms with Gasteiger partial charge in [-0.05, 0) is 41.0 Å². The van der Waals surface area contributed by atoms with Gasteiger partial charge in [0, 0.05) is 17.5 Å². The Morgan fingerprint density at radius 2 is 1.79 bits per heavy atom. The minimum atomic E-state index is -0.354. The van der Waals surface area contributed by atoms with Crippen LogP contribution in [0.2, 0.25) is 0 Å². The molecule has 8 heteroatoms. The largest absolute Gasteiger partial charge is 0.382 e. The fourth-order valence-corrected chi connectivity index (χ4v) is 3.65. The molecular formula is C21H17ClFN5S. The number of nitrogens with two attached hydrogens (primary N) is 1. The molecule has 0 unspecified atom stereocenters. The number of halogens is 2. The Bertz CT molecular complexity index is 1090. The lowest BCUT2D eigenvalue weighted by Gasteiger charge is -2.11. The number of thioether (sulfide) groups is 1. The van der Waals surface area contributed by atoms with E-state index >= 15 is 0 Å². The van der Waals surface area contributed by atoms with Gasteiger partial charge < -0.3 is 5.73 Å². The third-order valence-electron chi connectivity index (χ3n) is 4.17. The zero-order valence-electron chi connectivity index (χ0n) is 15.2. The summed E-state index contributed by atoms with van der Waals surface area (Å²) in [6, 6.07) is 16.9. The maximum Gasteiger partial charge on any atom is 0.141 e. The minimum absolute atomic E-state index is 0. The third kappa shape index (κ3) is 4.88. The Morgan fingerprint density at radius 3 is 2.52 bits per heavy atom. The van der Waals surface area contributed by atoms with Crippen LogP contribution in [0.3, 0.4) is 0 Å². The van der Waals surface area contributed by atoms with Crippen LogP contribution in [0.5, 0.6) is 0 Å². The van der Waals surface area contributed by atoms with Gasteiger partial charge in [-0.15, -0.1) is 17.5 Å². The number of nitrogens with zero attached hydrogens (tertiary/aromatic N) is 4. The Balaban J connectivity index is 0.00000240. The summed E-state index contributed by atoms with van der Waals surface area (Å²) in [5.41, 5.74) is 9.27. The maximum atomic E-state index is 14.8. The van der Waals surface area contributed by atoms with Gasteiger partial charge in [0.05, 0.1) is 18.1 Å². The fraction of sp³-hybridized carbons (Fsp3) is 0.0476. The van der Waals surface area contributed by atoms with Crippen LogP contribution in [0.1, 0.15) is 5.56 Å². The Hall–Kier alpha value is -3.03. The molecule has 0 aliphatic heterocycles. The van der Waals surface area contributed by atoms with E-state index in [1.165, 1.54) is 18.5 Å². The van der Waals surface area contributed by atoms with Gasteiger partial charge in [-0.3, -0.25) is 4.98 Å². The maximum absolute atomic E-state index is 14.8. The quantitative estimate of drug-likeness (QED) is 0.451. The first-order chi connectivity index (χ1) is 13.7. The summed E-state index contributed by atoms with van der Waals surface area (Å²) in [5, 5.41) is 8.83. The van der Waals surface area contributed by atoms with Crippen LogP contribution in [0, 0.1) is 5.82 Å². The molecule has 0 atom stereocenters. The van der Waals surface area contributed by atoms with Crippen molar-refractivity contribution in [2.24, 2.45) is 0 Å². The van der Waals surface area contributed by atoms with Crippen LogP contribution in [0.25, 0.3) is 22.4 Å². The molecule has 2 aromatic carbocycles. The number of aromatic nitrogens is 4. The first-order valence-corrected chi connectivity index (χ1v) is 9.55. The molecule has 2 heterocycles. The number of benzene rings is 2. The van der Waals surface area contributed by atoms with Crippen LogP contribution >= 0.6 is 24.2 Å². The van der Waals surface area contributed by atoms with Gasteiger partial charge in [0.15, 0.2) is 0 Å². The number of nitrogen functional groups attached to an aromatic ring is 1. The van der Waals surface area contributed by atoms with Crippen molar-refractivity contribution < 1.29 is 4.39 Å². The molecule has 29 heavy (non-hydrogen) atoms. The second kappa shape index (κ2) is 9.45. The summed E-state index contributed by atoms with van der Waals surface area (Å²) >= 11 is 1.59. The molecule has 146 valence electrons. The number of hydrogen-bond donors (Lipinski definition) is 1. The summed E-state index contributed by atoms with van der Waals surface area (Å²) in [4.78, 5) is 8.13. The van der Waals surface area contributed by atoms with E-state index in [0.29, 0.717) is 22.8 Å². The van der Waals surface area contributed by atoms with Crippen molar-refractivity contribution in [2.75, 3.05) is 5.73 Å². The molecule has 0 amide bonds. The van der Waals surface area contributed by atoms with E-state index in [-0.39, 0.29) is 18.2 Å². The topological polar surface area (TPSA) is 77.6 Å². The summed E-state index contributed by atoms with van der Waals surface area (Å²) in [6.45, 7) is 0. The van der Waals surface area contributed by atoms with Crippen LogP contribution in [-0.2, 0) is 5.75 Å². The molecule has 0 aliphatic rings. The van der Waals surface area contributed by atoms with Crippen molar-refractivity contribution in [1.29, 1.82) is 0 Å². The van der Waals surface area contributed by atoms with Crippen molar-refractivity contribution in [2.45, 2.75) is 10.8 Å². The van der Waals surface area contributed by atoms with E-state index in [2.05, 4.69) is 20.2 Å². The highest BCUT2D eigenvalue weighted by Gasteiger charge is 2.11. The molecule has 0 saturated heterocycles. The molecule has 0 saturated carbocycles. The Labute approximate surface area is 178 Å². The lowest BCUT2D eigenvalue weighted by Crippen LogP contribution is -1.95. The summed E-state index contributed by atoms with van der Waals surface area (Å²) in [7, 11) is 0. The standard InChI is InChI=1S/C21H16FN5S.ClH/c22-18-10-14(7-8-17(18)19-11-25-20(23)12-24-19)16-5-2-1-4-15(16)13-28-21-6-3-9-26-27-21;/h1-12H,13H2,(H2,23,25);1H. The van der Waals surface area contributed by atoms with Gasteiger partial charge in [0.25, 0.3) is 0 Å². The smallest absolute Gasteiger partial charge is 0.141 e. The molecule has 2 aromatic heterocycles. The fourth-order valence-electron chi connectivity index (χ4n) is 2.81. The monoisotopic (exact) mass is 425 g/mol. The molecule has 0 fully saturated rings. The summed E-state index contributed by atoms with van der Waals surface area (Å²) in [5.74, 6) is 0.657. The molecule has 4 rings (SSSR count). The van der Waals surface area contributed by atoms with Crippen molar-refractivity contribution in [3.8, 4) is 22.4 Å². The molecule has 0 spiro atoms. The van der Waals surface area contributed by atoms with Crippen LogP contribution in [0.15, 0.2) is 78.2 Å². The molecular weight excluding hydrogens is 409 g/mol. The van der Waals surface area contributed by atoms with Crippen molar-refractivity contribution >= 4 is 30.0 Å². The number of anilines is 1. The Morgan fingerprint density at radius 1 is 0.931 bits per heavy atom. The van der Waals surface area contributed by atoms with E-state index in [9.17, 15) is 4.39 Å². The van der Waals surface area contributed by atoms with Crippen LogP contribution < -0.4 is 5.73 Å². The van der Waals surface area contributed by atoms with Crippen molar-refractivity contribution in [3.63, 3.8) is 0 Å². The number of rotatable bonds is 5. The van der Waals surface area contributed by atoms with E-state index in [0.717, 1.165) is 21.7 Å². The zero-order valence-corrected chi connectivity index (χ0v) is 16.8. The van der Waals surface area contributed by atoms with Crippen molar-refractivity contribution in [3.05, 3.63) is 84.6 Å². The van der Waals surface area contributed by atoms with E-state index in [1.54, 1.807) is 24.0 Å². The van der Waals surface area contributed by atoms with Gasteiger partial charge in [0.1, 0.15) is 16.7 Å². The lowest BCUT2D eigenvalue weighted by molar-refractivity contribution is 0.631. The van der Waals surface area contributed by atoms with E-state index in [4.69, 9.17) is 5.73 Å². The van der Waals surface area contributed by atoms with Gasteiger partial charge >= 0.3 is 0 Å². The molecule has 5 nitrogen and oxygen atoms in total. The second-order valence-corrected chi connectivity index (χ2v) is 7.02. The molecule has 4 aromatic rings. The van der Waals surface area contributed by atoms with Crippen molar-refractivity contribution in [1.82, 2.24) is 20.2 Å². The highest BCUT2D eigenvalue weighted by molar-refractivity contribution is 7.98. The summed E-state index contributed by atoms with van der Waals surface area (Å²) in [6.07, 6.45) is 4.54. The molecule has 0 radical (unpaired) electrons. The van der Waals surface area contributed by atoms with Crippen LogP contribution in [-0.4, -0.2) is 20.2 Å². The molecule has 2 N–H and O–H groups in total. The van der Waals surface area contributed by atoms with Gasteiger partial charge in [-0.1, -0.05) is 42.1 Å². The average molecular weight is 426 g/mol. The van der Waals surface area contributed by atoms with E-state index < -0.39 is 0 Å². The number of hydrogen-bond acceptors (Lipinski definition) is 6. The SMILES string of the molecule is Cl.Nc1cnc(-c2ccc(-c3ccccc3CSc3cccnn3)cc2F)cn1. The predicted octanol–water partition coefficient (Wildman–Crippen LogP) is 5.04. The highest BCUT2D eigenvalue weighted by atomic mass is 35.5. The van der Waals surface area contributed by atoms with E-state index in [1.807, 2.05) is 42.5 Å². The molecule has 0 bridgehead atoms. The minimum Gasteiger partial charge on any atom is -0.382 e. The zero-order chi connectivity index (χ0) is 19.3. The van der Waals surface area contributed by atoms with Gasteiger partial charge in [-0.2, -0.15) is 5.10 Å². The summed E-state index contributed by atoms with van der Waals surface area (Å²) < 4.78 is 14.8. The third-order valence-corrected chi connectivity index (χ3v) is 5.14. The average Bonchev–Trinajstić information content (AvgIpc) is 2.74. The molecule has 0 aliphatic carbocycles. The second-order valence-electron chi connectivity index (χ2n) is 6.03. The predicted molar refractivity (Wildman–Crippen MR) is 116 cm³/mol. The Kier molecular flexibility index (Phi) is 6.74. The highest BCUT2D eigenvalue weighted by Crippen LogP contribution is 2.31. The lowest BCUT2D eigenvalue weighted by atomic mass is 9.98. The van der Waals surface area contributed by atoms with Crippen LogP contribution in [0.4, 0.5) is 10.2 Å². The van der Waals surface area contributed by atoms with Gasteiger partial charge in [0.2, 0.25) is 0 Å². The normalized spacial score (nSPS) is 10.4. The van der Waals surface area contributed by atoms with Gasteiger partial charge in [-0.25, -0.2) is 9.37 Å². The first-order valence-electron chi connectivity index (χ1n) is 8.57.